The summed E-state index contributed by atoms with van der Waals surface area (Å²) in [7, 11) is -5.76. The lowest BCUT2D eigenvalue weighted by Gasteiger charge is -2.13. The van der Waals surface area contributed by atoms with Gasteiger partial charge in [-0.1, -0.05) is 48.5 Å². The number of halogens is 3. The first-order chi connectivity index (χ1) is 14.7. The molecule has 0 saturated heterocycles. The van der Waals surface area contributed by atoms with Gasteiger partial charge in [0.2, 0.25) is 0 Å². The highest BCUT2D eigenvalue weighted by Crippen LogP contribution is 2.49. The predicted molar refractivity (Wildman–Crippen MR) is 119 cm³/mol. The van der Waals surface area contributed by atoms with E-state index >= 15 is 0 Å². The van der Waals surface area contributed by atoms with E-state index in [2.05, 4.69) is 16.3 Å². The van der Waals surface area contributed by atoms with Gasteiger partial charge in [0, 0.05) is 20.2 Å². The van der Waals surface area contributed by atoms with Crippen molar-refractivity contribution in [2.24, 2.45) is 0 Å². The number of fused-ring (bicyclic) bond motifs is 5. The van der Waals surface area contributed by atoms with Crippen LogP contribution in [-0.2, 0) is 10.1 Å². The molecule has 6 rings (SSSR count). The van der Waals surface area contributed by atoms with Gasteiger partial charge < -0.3 is 4.18 Å². The summed E-state index contributed by atoms with van der Waals surface area (Å²) in [5.41, 5.74) is -5.50. The van der Waals surface area contributed by atoms with Crippen molar-refractivity contribution in [3.63, 3.8) is 0 Å². The minimum absolute atomic E-state index is 0.353. The summed E-state index contributed by atoms with van der Waals surface area (Å²) in [6.07, 6.45) is 0. The largest absolute Gasteiger partial charge is 0.534 e. The van der Waals surface area contributed by atoms with Crippen LogP contribution in [0.4, 0.5) is 13.2 Å². The van der Waals surface area contributed by atoms with E-state index < -0.39 is 15.6 Å². The average Bonchev–Trinajstić information content (AvgIpc) is 3.08. The Morgan fingerprint density at radius 2 is 1.35 bits per heavy atom. The molecule has 31 heavy (non-hydrogen) atoms. The van der Waals surface area contributed by atoms with Crippen molar-refractivity contribution in [3.05, 3.63) is 66.7 Å². The summed E-state index contributed by atoms with van der Waals surface area (Å²) in [5.74, 6) is -0.353. The Morgan fingerprint density at radius 3 is 2.10 bits per heavy atom. The molecule has 0 aliphatic carbocycles. The fraction of sp³-hybridized carbons (Fsp3) is 0.0435. The molecule has 154 valence electrons. The summed E-state index contributed by atoms with van der Waals surface area (Å²) in [5, 5.41) is 7.60. The molecule has 0 saturated carbocycles. The molecular formula is C23H11F3O3S2. The molecule has 0 N–H and O–H groups in total. The van der Waals surface area contributed by atoms with Crippen LogP contribution in [0.15, 0.2) is 66.7 Å². The Morgan fingerprint density at radius 1 is 0.710 bits per heavy atom. The number of rotatable bonds is 2. The van der Waals surface area contributed by atoms with Gasteiger partial charge in [-0.25, -0.2) is 0 Å². The SMILES string of the molecule is O=S(=O)(Oc1cc2sc3cc4ccccc4c4c5ccccc5c(c1)c2c34)C(F)(F)F. The zero-order valence-electron chi connectivity index (χ0n) is 15.5. The first kappa shape index (κ1) is 18.7. The zero-order valence-corrected chi connectivity index (χ0v) is 17.2. The van der Waals surface area contributed by atoms with E-state index in [9.17, 15) is 21.6 Å². The first-order valence-electron chi connectivity index (χ1n) is 9.27. The molecule has 0 atom stereocenters. The molecule has 3 nitrogen and oxygen atoms in total. The van der Waals surface area contributed by atoms with Crippen molar-refractivity contribution in [3.8, 4) is 5.75 Å². The standard InChI is InChI=1S/C23H11F3O3S2/c24-23(25,26)31(27,28)29-13-10-17-15-7-3-4-8-16(15)20-14-6-2-1-5-12(14)9-18-22(20)21(17)19(11-13)30-18/h1-11H. The van der Waals surface area contributed by atoms with Crippen LogP contribution in [-0.4, -0.2) is 13.9 Å². The topological polar surface area (TPSA) is 43.4 Å². The van der Waals surface area contributed by atoms with Gasteiger partial charge in [-0.15, -0.1) is 11.3 Å². The normalized spacial score (nSPS) is 13.3. The third-order valence-electron chi connectivity index (χ3n) is 5.53. The minimum atomic E-state index is -5.76. The van der Waals surface area contributed by atoms with Gasteiger partial charge in [0.25, 0.3) is 0 Å². The Balaban J connectivity index is 1.80. The highest BCUT2D eigenvalue weighted by atomic mass is 32.2. The van der Waals surface area contributed by atoms with Crippen molar-refractivity contribution in [1.82, 2.24) is 0 Å². The Kier molecular flexibility index (Phi) is 3.60. The van der Waals surface area contributed by atoms with E-state index in [1.807, 2.05) is 42.5 Å². The van der Waals surface area contributed by atoms with E-state index in [1.165, 1.54) is 23.5 Å². The van der Waals surface area contributed by atoms with Crippen LogP contribution in [0.25, 0.3) is 52.5 Å². The summed E-state index contributed by atoms with van der Waals surface area (Å²) in [6.45, 7) is 0. The average molecular weight is 456 g/mol. The van der Waals surface area contributed by atoms with Crippen molar-refractivity contribution in [2.75, 3.05) is 0 Å². The quantitative estimate of drug-likeness (QED) is 0.157. The molecule has 0 aliphatic rings. The lowest BCUT2D eigenvalue weighted by Crippen LogP contribution is -2.28. The van der Waals surface area contributed by atoms with Gasteiger partial charge in [0.15, 0.2) is 0 Å². The third kappa shape index (κ3) is 2.55. The van der Waals surface area contributed by atoms with Gasteiger partial charge in [-0.05, 0) is 50.5 Å². The fourth-order valence-electron chi connectivity index (χ4n) is 4.35. The maximum Gasteiger partial charge on any atom is 0.534 e. The number of hydrogen-bond acceptors (Lipinski definition) is 4. The molecule has 0 unspecified atom stereocenters. The Hall–Kier alpha value is -3.10. The first-order valence-corrected chi connectivity index (χ1v) is 11.5. The lowest BCUT2D eigenvalue weighted by molar-refractivity contribution is -0.0500. The van der Waals surface area contributed by atoms with E-state index in [1.54, 1.807) is 0 Å². The minimum Gasteiger partial charge on any atom is -0.376 e. The molecule has 1 heterocycles. The molecule has 0 amide bonds. The molecule has 1 aromatic heterocycles. The van der Waals surface area contributed by atoms with Gasteiger partial charge in [-0.2, -0.15) is 21.6 Å². The highest BCUT2D eigenvalue weighted by Gasteiger charge is 2.48. The molecule has 0 aliphatic heterocycles. The van der Waals surface area contributed by atoms with Crippen LogP contribution in [0.5, 0.6) is 5.75 Å². The Labute approximate surface area is 177 Å². The van der Waals surface area contributed by atoms with Crippen LogP contribution in [0.3, 0.4) is 0 Å². The fourth-order valence-corrected chi connectivity index (χ4v) is 6.01. The second-order valence-corrected chi connectivity index (χ2v) is 9.94. The van der Waals surface area contributed by atoms with E-state index in [-0.39, 0.29) is 5.75 Å². The molecule has 0 bridgehead atoms. The third-order valence-corrected chi connectivity index (χ3v) is 7.60. The molecule has 0 radical (unpaired) electrons. The second kappa shape index (κ2) is 5.99. The van der Waals surface area contributed by atoms with Crippen molar-refractivity contribution >= 4 is 73.9 Å². The summed E-state index contributed by atoms with van der Waals surface area (Å²) >= 11 is 1.41. The number of thiophene rings is 1. The number of alkyl halides is 3. The van der Waals surface area contributed by atoms with Crippen molar-refractivity contribution < 1.29 is 25.8 Å². The van der Waals surface area contributed by atoms with Gasteiger partial charge in [0.05, 0.1) is 0 Å². The van der Waals surface area contributed by atoms with Crippen LogP contribution in [0, 0.1) is 0 Å². The van der Waals surface area contributed by atoms with E-state index in [0.717, 1.165) is 42.4 Å². The van der Waals surface area contributed by atoms with E-state index in [0.29, 0.717) is 10.1 Å². The maximum atomic E-state index is 12.9. The highest BCUT2D eigenvalue weighted by molar-refractivity contribution is 7.88. The monoisotopic (exact) mass is 456 g/mol. The summed E-state index contributed by atoms with van der Waals surface area (Å²) in [4.78, 5) is 0. The van der Waals surface area contributed by atoms with Crippen LogP contribution in [0.1, 0.15) is 0 Å². The smallest absolute Gasteiger partial charge is 0.376 e. The zero-order chi connectivity index (χ0) is 21.5. The molecule has 0 fully saturated rings. The molecule has 0 spiro atoms. The predicted octanol–water partition coefficient (Wildman–Crippen LogP) is 7.18. The number of benzene rings is 5. The second-order valence-electron chi connectivity index (χ2n) is 7.32. The van der Waals surface area contributed by atoms with E-state index in [4.69, 9.17) is 0 Å². The van der Waals surface area contributed by atoms with Crippen molar-refractivity contribution in [2.45, 2.75) is 5.51 Å². The molecule has 8 heteroatoms. The van der Waals surface area contributed by atoms with Crippen LogP contribution >= 0.6 is 11.3 Å². The molecular weight excluding hydrogens is 445 g/mol. The van der Waals surface area contributed by atoms with Crippen LogP contribution < -0.4 is 4.18 Å². The van der Waals surface area contributed by atoms with Crippen LogP contribution in [0.2, 0.25) is 0 Å². The number of hydrogen-bond donors (Lipinski definition) is 0. The molecule has 5 aromatic carbocycles. The van der Waals surface area contributed by atoms with Gasteiger partial charge in [0.1, 0.15) is 5.75 Å². The maximum absolute atomic E-state index is 12.9. The lowest BCUT2D eigenvalue weighted by atomic mass is 9.91. The summed E-state index contributed by atoms with van der Waals surface area (Å²) < 4.78 is 68.0. The van der Waals surface area contributed by atoms with Gasteiger partial charge >= 0.3 is 15.6 Å². The Bertz CT molecular complexity index is 1770. The summed E-state index contributed by atoms with van der Waals surface area (Å²) in [6, 6.07) is 20.5. The van der Waals surface area contributed by atoms with Crippen molar-refractivity contribution in [1.29, 1.82) is 0 Å². The molecule has 6 aromatic rings. The van der Waals surface area contributed by atoms with Gasteiger partial charge in [-0.3, -0.25) is 0 Å².